The van der Waals surface area contributed by atoms with Crippen LogP contribution in [0.2, 0.25) is 0 Å². The molecule has 0 saturated carbocycles. The molecule has 0 aliphatic rings. The number of methoxy groups -OCH3 is 2. The van der Waals surface area contributed by atoms with Crippen LogP contribution in [0.3, 0.4) is 0 Å². The van der Waals surface area contributed by atoms with Crippen LogP contribution in [0, 0.1) is 0 Å². The second kappa shape index (κ2) is 10.4. The van der Waals surface area contributed by atoms with E-state index in [2.05, 4.69) is 15.4 Å². The van der Waals surface area contributed by atoms with Gasteiger partial charge in [-0.1, -0.05) is 0 Å². The van der Waals surface area contributed by atoms with Crippen molar-refractivity contribution < 1.29 is 23.9 Å². The summed E-state index contributed by atoms with van der Waals surface area (Å²) in [4.78, 5) is 36.3. The minimum atomic E-state index is -0.527. The lowest BCUT2D eigenvalue weighted by Gasteiger charge is -2.13. The third kappa shape index (κ3) is 6.31. The maximum Gasteiger partial charge on any atom is 0.325 e. The van der Waals surface area contributed by atoms with Gasteiger partial charge < -0.3 is 20.1 Å². The largest absolute Gasteiger partial charge is 0.497 e. The molecule has 0 bridgehead atoms. The Labute approximate surface area is 167 Å². The van der Waals surface area contributed by atoms with Gasteiger partial charge in [-0.15, -0.1) is 11.8 Å². The quantitative estimate of drug-likeness (QED) is 0.521. The van der Waals surface area contributed by atoms with Crippen molar-refractivity contribution in [3.8, 4) is 5.75 Å². The minimum absolute atomic E-state index is 0.149. The van der Waals surface area contributed by atoms with Crippen molar-refractivity contribution in [1.29, 1.82) is 0 Å². The number of rotatable bonds is 8. The molecule has 2 amide bonds. The third-order valence-corrected chi connectivity index (χ3v) is 4.89. The highest BCUT2D eigenvalue weighted by molar-refractivity contribution is 8.00. The number of esters is 1. The summed E-state index contributed by atoms with van der Waals surface area (Å²) in [7, 11) is 2.85. The monoisotopic (exact) mass is 402 g/mol. The first-order valence-corrected chi connectivity index (χ1v) is 9.37. The Morgan fingerprint density at radius 1 is 1.00 bits per heavy atom. The van der Waals surface area contributed by atoms with Crippen LogP contribution in [-0.4, -0.2) is 43.8 Å². The first-order chi connectivity index (χ1) is 13.4. The summed E-state index contributed by atoms with van der Waals surface area (Å²) < 4.78 is 9.59. The molecule has 0 aliphatic heterocycles. The van der Waals surface area contributed by atoms with E-state index in [9.17, 15) is 14.4 Å². The van der Waals surface area contributed by atoms with Crippen molar-refractivity contribution in [3.05, 3.63) is 54.1 Å². The minimum Gasteiger partial charge on any atom is -0.497 e. The Morgan fingerprint density at radius 3 is 2.21 bits per heavy atom. The van der Waals surface area contributed by atoms with E-state index in [0.717, 1.165) is 10.6 Å². The summed E-state index contributed by atoms with van der Waals surface area (Å²) in [5, 5.41) is 4.96. The zero-order valence-electron chi connectivity index (χ0n) is 15.9. The molecule has 28 heavy (non-hydrogen) atoms. The topological polar surface area (TPSA) is 93.7 Å². The number of anilines is 1. The Kier molecular flexibility index (Phi) is 7.88. The van der Waals surface area contributed by atoms with E-state index in [4.69, 9.17) is 4.74 Å². The molecule has 0 spiro atoms. The fraction of sp³-hybridized carbons (Fsp3) is 0.250. The molecule has 0 aromatic heterocycles. The van der Waals surface area contributed by atoms with Gasteiger partial charge in [-0.25, -0.2) is 0 Å². The van der Waals surface area contributed by atoms with Crippen molar-refractivity contribution in [2.45, 2.75) is 17.1 Å². The average Bonchev–Trinajstić information content (AvgIpc) is 2.72. The average molecular weight is 402 g/mol. The Hall–Kier alpha value is -3.00. The molecule has 2 rings (SSSR count). The predicted octanol–water partition coefficient (Wildman–Crippen LogP) is 2.72. The molecule has 2 N–H and O–H groups in total. The summed E-state index contributed by atoms with van der Waals surface area (Å²) in [6.45, 7) is 1.62. The molecule has 0 radical (unpaired) electrons. The maximum absolute atomic E-state index is 12.4. The second-order valence-corrected chi connectivity index (χ2v) is 7.18. The number of benzene rings is 2. The van der Waals surface area contributed by atoms with Crippen LogP contribution >= 0.6 is 11.8 Å². The lowest BCUT2D eigenvalue weighted by molar-refractivity contribution is -0.139. The van der Waals surface area contributed by atoms with Crippen LogP contribution in [-0.2, 0) is 14.3 Å². The van der Waals surface area contributed by atoms with Crippen LogP contribution < -0.4 is 15.4 Å². The molecule has 2 aromatic rings. The summed E-state index contributed by atoms with van der Waals surface area (Å²) in [6.07, 6.45) is 0. The standard InChI is InChI=1S/C20H22N2O5S/c1-13(28-17-10-8-16(26-2)9-11-17)19(24)22-15-6-4-14(5-7-15)20(25)21-12-18(23)27-3/h4-11,13H,12H2,1-3H3,(H,21,25)(H,22,24). The number of thioether (sulfide) groups is 1. The van der Waals surface area contributed by atoms with Gasteiger partial charge in [0.25, 0.3) is 5.91 Å². The molecule has 0 fully saturated rings. The van der Waals surface area contributed by atoms with Gasteiger partial charge in [0, 0.05) is 16.1 Å². The molecule has 1 atom stereocenters. The predicted molar refractivity (Wildman–Crippen MR) is 108 cm³/mol. The maximum atomic E-state index is 12.4. The van der Waals surface area contributed by atoms with E-state index in [1.54, 1.807) is 31.4 Å². The zero-order chi connectivity index (χ0) is 20.5. The highest BCUT2D eigenvalue weighted by Crippen LogP contribution is 2.26. The SMILES string of the molecule is COC(=O)CNC(=O)c1ccc(NC(=O)C(C)Sc2ccc(OC)cc2)cc1. The van der Waals surface area contributed by atoms with Gasteiger partial charge in [-0.3, -0.25) is 14.4 Å². The van der Waals surface area contributed by atoms with Gasteiger partial charge >= 0.3 is 5.97 Å². The smallest absolute Gasteiger partial charge is 0.325 e. The summed E-state index contributed by atoms with van der Waals surface area (Å²) in [6, 6.07) is 13.9. The van der Waals surface area contributed by atoms with Crippen LogP contribution in [0.5, 0.6) is 5.75 Å². The van der Waals surface area contributed by atoms with E-state index in [1.807, 2.05) is 31.2 Å². The number of amides is 2. The molecule has 2 aromatic carbocycles. The van der Waals surface area contributed by atoms with Crippen LogP contribution in [0.1, 0.15) is 17.3 Å². The van der Waals surface area contributed by atoms with Crippen molar-refractivity contribution in [3.63, 3.8) is 0 Å². The Morgan fingerprint density at radius 2 is 1.64 bits per heavy atom. The molecule has 7 nitrogen and oxygen atoms in total. The molecule has 8 heteroatoms. The lowest BCUT2D eigenvalue weighted by Crippen LogP contribution is -2.30. The fourth-order valence-corrected chi connectivity index (χ4v) is 3.05. The number of carbonyl (C=O) groups is 3. The van der Waals surface area contributed by atoms with E-state index < -0.39 is 11.9 Å². The summed E-state index contributed by atoms with van der Waals surface area (Å²) in [5.41, 5.74) is 0.958. The summed E-state index contributed by atoms with van der Waals surface area (Å²) in [5.74, 6) is -0.312. The van der Waals surface area contributed by atoms with E-state index in [1.165, 1.54) is 18.9 Å². The van der Waals surface area contributed by atoms with Crippen LogP contribution in [0.4, 0.5) is 5.69 Å². The third-order valence-electron chi connectivity index (χ3n) is 3.78. The number of hydrogen-bond donors (Lipinski definition) is 2. The number of nitrogens with one attached hydrogen (secondary N) is 2. The summed E-state index contributed by atoms with van der Waals surface area (Å²) >= 11 is 1.43. The van der Waals surface area contributed by atoms with Crippen molar-refractivity contribution >= 4 is 35.2 Å². The number of carbonyl (C=O) groups excluding carboxylic acids is 3. The number of hydrogen-bond acceptors (Lipinski definition) is 6. The second-order valence-electron chi connectivity index (χ2n) is 5.76. The van der Waals surface area contributed by atoms with Crippen LogP contribution in [0.25, 0.3) is 0 Å². The van der Waals surface area contributed by atoms with Gasteiger partial charge in [0.1, 0.15) is 12.3 Å². The number of ether oxygens (including phenoxy) is 2. The molecule has 1 unspecified atom stereocenters. The molecular weight excluding hydrogens is 380 g/mol. The van der Waals surface area contributed by atoms with Crippen molar-refractivity contribution in [2.24, 2.45) is 0 Å². The van der Waals surface area contributed by atoms with E-state index >= 15 is 0 Å². The van der Waals surface area contributed by atoms with Crippen molar-refractivity contribution in [2.75, 3.05) is 26.1 Å². The highest BCUT2D eigenvalue weighted by atomic mass is 32.2. The Balaban J connectivity index is 1.88. The van der Waals surface area contributed by atoms with Gasteiger partial charge in [-0.2, -0.15) is 0 Å². The zero-order valence-corrected chi connectivity index (χ0v) is 16.7. The molecule has 0 heterocycles. The van der Waals surface area contributed by atoms with E-state index in [0.29, 0.717) is 11.3 Å². The Bertz CT molecular complexity index is 821. The van der Waals surface area contributed by atoms with Gasteiger partial charge in [-0.05, 0) is 55.5 Å². The van der Waals surface area contributed by atoms with Gasteiger partial charge in [0.2, 0.25) is 5.91 Å². The first kappa shape index (κ1) is 21.3. The molecule has 0 aliphatic carbocycles. The van der Waals surface area contributed by atoms with E-state index in [-0.39, 0.29) is 17.7 Å². The van der Waals surface area contributed by atoms with Crippen LogP contribution in [0.15, 0.2) is 53.4 Å². The van der Waals surface area contributed by atoms with Crippen molar-refractivity contribution in [1.82, 2.24) is 5.32 Å². The molecule has 0 saturated heterocycles. The molecule has 148 valence electrons. The fourth-order valence-electron chi connectivity index (χ4n) is 2.19. The molecular formula is C20H22N2O5S. The lowest BCUT2D eigenvalue weighted by atomic mass is 10.2. The van der Waals surface area contributed by atoms with Gasteiger partial charge in [0.15, 0.2) is 0 Å². The van der Waals surface area contributed by atoms with Gasteiger partial charge in [0.05, 0.1) is 19.5 Å². The normalized spacial score (nSPS) is 11.2. The first-order valence-electron chi connectivity index (χ1n) is 8.49. The highest BCUT2D eigenvalue weighted by Gasteiger charge is 2.15.